The van der Waals surface area contributed by atoms with Crippen molar-refractivity contribution in [2.45, 2.75) is 51.3 Å². The van der Waals surface area contributed by atoms with Crippen molar-refractivity contribution in [1.82, 2.24) is 20.0 Å². The highest BCUT2D eigenvalue weighted by atomic mass is 32.2. The van der Waals surface area contributed by atoms with Crippen LogP contribution in [-0.4, -0.2) is 49.5 Å². The third-order valence-electron chi connectivity index (χ3n) is 7.04. The molecule has 1 aromatic carbocycles. The average Bonchev–Trinajstić information content (AvgIpc) is 3.30. The highest BCUT2D eigenvalue weighted by molar-refractivity contribution is 7.89. The molecule has 2 aliphatic rings. The molecule has 0 fully saturated rings. The molecule has 1 aliphatic carbocycles. The van der Waals surface area contributed by atoms with Gasteiger partial charge in [0, 0.05) is 48.0 Å². The predicted molar refractivity (Wildman–Crippen MR) is 152 cm³/mol. The Morgan fingerprint density at radius 1 is 0.976 bits per heavy atom. The van der Waals surface area contributed by atoms with Crippen molar-refractivity contribution in [2.75, 3.05) is 13.2 Å². The fourth-order valence-corrected chi connectivity index (χ4v) is 6.55. The summed E-state index contributed by atoms with van der Waals surface area (Å²) in [6.07, 6.45) is 1.77. The lowest BCUT2D eigenvalue weighted by Gasteiger charge is -2.27. The van der Waals surface area contributed by atoms with Crippen molar-refractivity contribution in [1.29, 1.82) is 0 Å². The Bertz CT molecular complexity index is 1610. The van der Waals surface area contributed by atoms with E-state index < -0.39 is 34.3 Å². The summed E-state index contributed by atoms with van der Waals surface area (Å²) in [6, 6.07) is 13.5. The molecule has 0 saturated heterocycles. The molecule has 2 N–H and O–H groups in total. The Morgan fingerprint density at radius 2 is 1.76 bits per heavy atom. The number of carbonyl (C=O) groups is 2. The first kappa shape index (κ1) is 28.7. The van der Waals surface area contributed by atoms with Crippen LogP contribution in [0, 0.1) is 6.92 Å². The SMILES string of the molecule is CCOC1NC(c2ccc(CS(=O)(=O)NC(=O)Cc3ccccn3)cc2C)C2=C1c1ncccc1C(OCC)C2=O. The number of nitrogens with zero attached hydrogens (tertiary/aromatic N) is 2. The van der Waals surface area contributed by atoms with Gasteiger partial charge < -0.3 is 9.47 Å². The first-order valence-corrected chi connectivity index (χ1v) is 15.1. The smallest absolute Gasteiger partial charge is 0.239 e. The van der Waals surface area contributed by atoms with E-state index in [9.17, 15) is 18.0 Å². The van der Waals surface area contributed by atoms with Crippen molar-refractivity contribution in [2.24, 2.45) is 0 Å². The summed E-state index contributed by atoms with van der Waals surface area (Å²) in [5.74, 6) is -1.18. The number of hydrogen-bond donors (Lipinski definition) is 2. The van der Waals surface area contributed by atoms with Gasteiger partial charge in [0.25, 0.3) is 0 Å². The second kappa shape index (κ2) is 12.0. The van der Waals surface area contributed by atoms with Crippen molar-refractivity contribution in [3.63, 3.8) is 0 Å². The standard InChI is InChI=1S/C30H32N4O6S/c1-4-39-29-22-10-8-14-32-26(22)25-24(28(29)36)27(33-30(25)40-5-2)21-12-11-19(15-18(21)3)17-41(37,38)34-23(35)16-20-9-6-7-13-31-20/h6-15,27,29-30,33H,4-5,16-17H2,1-3H3,(H,34,35). The van der Waals surface area contributed by atoms with Gasteiger partial charge in [-0.1, -0.05) is 30.3 Å². The van der Waals surface area contributed by atoms with Crippen molar-refractivity contribution < 1.29 is 27.5 Å². The number of aromatic nitrogens is 2. The van der Waals surface area contributed by atoms with E-state index in [1.54, 1.807) is 48.8 Å². The molecule has 1 aliphatic heterocycles. The lowest BCUT2D eigenvalue weighted by atomic mass is 9.82. The summed E-state index contributed by atoms with van der Waals surface area (Å²) in [4.78, 5) is 34.8. The van der Waals surface area contributed by atoms with Crippen LogP contribution >= 0.6 is 0 Å². The molecule has 41 heavy (non-hydrogen) atoms. The molecule has 1 amide bonds. The highest BCUT2D eigenvalue weighted by Gasteiger charge is 2.47. The number of amides is 1. The number of fused-ring (bicyclic) bond motifs is 2. The first-order valence-electron chi connectivity index (χ1n) is 13.5. The number of hydrogen-bond acceptors (Lipinski definition) is 9. The van der Waals surface area contributed by atoms with E-state index >= 15 is 0 Å². The largest absolute Gasteiger partial charge is 0.366 e. The van der Waals surface area contributed by atoms with Gasteiger partial charge in [0.15, 0.2) is 5.78 Å². The number of aryl methyl sites for hydroxylation is 1. The number of rotatable bonds is 10. The topological polar surface area (TPSA) is 137 Å². The van der Waals surface area contributed by atoms with Gasteiger partial charge in [-0.15, -0.1) is 0 Å². The van der Waals surface area contributed by atoms with Gasteiger partial charge in [0.05, 0.1) is 23.9 Å². The van der Waals surface area contributed by atoms with E-state index in [0.29, 0.717) is 46.9 Å². The van der Waals surface area contributed by atoms with E-state index in [2.05, 4.69) is 20.0 Å². The number of pyridine rings is 2. The Hall–Kier alpha value is -3.77. The zero-order chi connectivity index (χ0) is 29.1. The molecule has 2 aromatic heterocycles. The normalized spacial score (nSPS) is 20.1. The quantitative estimate of drug-likeness (QED) is 0.373. The van der Waals surface area contributed by atoms with E-state index in [1.165, 1.54) is 0 Å². The fourth-order valence-electron chi connectivity index (χ4n) is 5.44. The average molecular weight is 577 g/mol. The zero-order valence-electron chi connectivity index (χ0n) is 23.1. The summed E-state index contributed by atoms with van der Waals surface area (Å²) in [5.41, 5.74) is 5.21. The summed E-state index contributed by atoms with van der Waals surface area (Å²) >= 11 is 0. The predicted octanol–water partition coefficient (Wildman–Crippen LogP) is 3.09. The van der Waals surface area contributed by atoms with Crippen molar-refractivity contribution in [3.05, 3.63) is 100 Å². The van der Waals surface area contributed by atoms with Gasteiger partial charge in [0.1, 0.15) is 12.3 Å². The zero-order valence-corrected chi connectivity index (χ0v) is 23.9. The van der Waals surface area contributed by atoms with Crippen molar-refractivity contribution >= 4 is 27.3 Å². The molecular formula is C30H32N4O6S. The molecule has 0 radical (unpaired) electrons. The van der Waals surface area contributed by atoms with Gasteiger partial charge in [0.2, 0.25) is 15.9 Å². The van der Waals surface area contributed by atoms with Crippen LogP contribution in [0.25, 0.3) is 5.57 Å². The molecule has 5 rings (SSSR count). The van der Waals surface area contributed by atoms with E-state index in [1.807, 2.05) is 32.9 Å². The highest BCUT2D eigenvalue weighted by Crippen LogP contribution is 2.47. The Labute approximate surface area is 239 Å². The van der Waals surface area contributed by atoms with Crippen molar-refractivity contribution in [3.8, 4) is 0 Å². The van der Waals surface area contributed by atoms with Gasteiger partial charge in [-0.3, -0.25) is 29.6 Å². The maximum atomic E-state index is 13.9. The number of ketones is 1. The third kappa shape index (κ3) is 5.98. The molecule has 0 saturated carbocycles. The van der Waals surface area contributed by atoms with Crippen LogP contribution in [0.15, 0.2) is 66.5 Å². The molecule has 3 aromatic rings. The third-order valence-corrected chi connectivity index (χ3v) is 8.30. The summed E-state index contributed by atoms with van der Waals surface area (Å²) < 4.78 is 39.5. The maximum absolute atomic E-state index is 13.9. The molecule has 214 valence electrons. The lowest BCUT2D eigenvalue weighted by Crippen LogP contribution is -2.33. The fraction of sp³-hybridized carbons (Fsp3) is 0.333. The van der Waals surface area contributed by atoms with Crippen LogP contribution in [0.2, 0.25) is 0 Å². The first-order chi connectivity index (χ1) is 19.7. The Balaban J connectivity index is 1.41. The molecule has 3 heterocycles. The van der Waals surface area contributed by atoms with Crippen LogP contribution in [0.3, 0.4) is 0 Å². The van der Waals surface area contributed by atoms with E-state index in [-0.39, 0.29) is 18.0 Å². The second-order valence-corrected chi connectivity index (χ2v) is 11.6. The monoisotopic (exact) mass is 576 g/mol. The van der Waals surface area contributed by atoms with Crippen LogP contribution < -0.4 is 10.0 Å². The molecule has 0 spiro atoms. The second-order valence-electron chi connectivity index (χ2n) is 9.88. The Kier molecular flexibility index (Phi) is 8.41. The van der Waals surface area contributed by atoms with Gasteiger partial charge in [-0.25, -0.2) is 8.42 Å². The minimum atomic E-state index is -3.94. The van der Waals surface area contributed by atoms with Crippen LogP contribution in [0.1, 0.15) is 59.6 Å². The number of nitrogens with one attached hydrogen (secondary N) is 2. The minimum absolute atomic E-state index is 0.140. The molecular weight excluding hydrogens is 544 g/mol. The minimum Gasteiger partial charge on any atom is -0.366 e. The number of benzene rings is 1. The number of sulfonamides is 1. The molecule has 0 bridgehead atoms. The number of ether oxygens (including phenoxy) is 2. The Morgan fingerprint density at radius 3 is 2.46 bits per heavy atom. The van der Waals surface area contributed by atoms with Gasteiger partial charge in [-0.2, -0.15) is 0 Å². The maximum Gasteiger partial charge on any atom is 0.239 e. The van der Waals surface area contributed by atoms with Crippen LogP contribution in [0.5, 0.6) is 0 Å². The lowest BCUT2D eigenvalue weighted by molar-refractivity contribution is -0.127. The van der Waals surface area contributed by atoms with Crippen LogP contribution in [0.4, 0.5) is 0 Å². The molecule has 11 heteroatoms. The number of Topliss-reactive ketones (excluding diaryl/α,β-unsaturated/α-hetero) is 1. The molecule has 3 atom stereocenters. The van der Waals surface area contributed by atoms with Crippen LogP contribution in [-0.2, 0) is 41.3 Å². The summed E-state index contributed by atoms with van der Waals surface area (Å²) in [5, 5.41) is 3.45. The number of carbonyl (C=O) groups excluding carboxylic acids is 2. The summed E-state index contributed by atoms with van der Waals surface area (Å²) in [7, 11) is -3.94. The molecule has 3 unspecified atom stereocenters. The summed E-state index contributed by atoms with van der Waals surface area (Å²) in [6.45, 7) is 6.38. The van der Waals surface area contributed by atoms with Gasteiger partial charge in [-0.05, 0) is 55.7 Å². The van der Waals surface area contributed by atoms with Gasteiger partial charge >= 0.3 is 0 Å². The van der Waals surface area contributed by atoms with E-state index in [4.69, 9.17) is 9.47 Å². The molecule has 10 nitrogen and oxygen atoms in total. The van der Waals surface area contributed by atoms with E-state index in [0.717, 1.165) is 11.1 Å².